The summed E-state index contributed by atoms with van der Waals surface area (Å²) in [6, 6.07) is 11.3. The normalized spacial score (nSPS) is 15.3. The zero-order valence-corrected chi connectivity index (χ0v) is 19.9. The lowest BCUT2D eigenvalue weighted by Crippen LogP contribution is -2.44. The third-order valence-corrected chi connectivity index (χ3v) is 5.10. The average Bonchev–Trinajstić information content (AvgIpc) is 3.15. The fourth-order valence-corrected chi connectivity index (χ4v) is 3.49. The molecule has 2 aromatic carbocycles. The molecule has 0 bridgehead atoms. The van der Waals surface area contributed by atoms with Crippen molar-refractivity contribution in [1.29, 1.82) is 0 Å². The number of nitrogens with zero attached hydrogens (tertiary/aromatic N) is 5. The van der Waals surface area contributed by atoms with Gasteiger partial charge in [-0.05, 0) is 55.6 Å². The molecule has 1 aliphatic heterocycles. The van der Waals surface area contributed by atoms with E-state index >= 15 is 0 Å². The third kappa shape index (κ3) is 6.48. The molecule has 3 amide bonds. The number of amides is 3. The summed E-state index contributed by atoms with van der Waals surface area (Å²) in [4.78, 5) is 41.6. The standard InChI is InChI=1S/C24H26FN5O5/c1-15(31)29(23(33)35-24(2,3)4)13-19-14-30(22(32)34-19)18-9-10-20(21(25)11-18)17-7-5-16(6-8-17)12-27-28-26/h5-11,19H,12-14H2,1-4H3/t19-/m0/s1. The van der Waals surface area contributed by atoms with E-state index in [1.54, 1.807) is 57.2 Å². The van der Waals surface area contributed by atoms with E-state index in [1.165, 1.54) is 17.9 Å². The molecule has 1 atom stereocenters. The molecular formula is C24H26FN5O5. The number of ether oxygens (including phenoxy) is 2. The van der Waals surface area contributed by atoms with Crippen LogP contribution in [0.25, 0.3) is 21.6 Å². The van der Waals surface area contributed by atoms with Gasteiger partial charge in [-0.3, -0.25) is 9.69 Å². The van der Waals surface area contributed by atoms with E-state index in [9.17, 15) is 18.8 Å². The Morgan fingerprint density at radius 3 is 2.51 bits per heavy atom. The molecule has 3 rings (SSSR count). The van der Waals surface area contributed by atoms with Gasteiger partial charge in [-0.2, -0.15) is 0 Å². The number of azide groups is 1. The van der Waals surface area contributed by atoms with Gasteiger partial charge in [0.25, 0.3) is 0 Å². The van der Waals surface area contributed by atoms with Crippen LogP contribution in [0.4, 0.5) is 19.7 Å². The number of carbonyl (C=O) groups is 3. The van der Waals surface area contributed by atoms with Gasteiger partial charge < -0.3 is 9.47 Å². The molecule has 0 spiro atoms. The summed E-state index contributed by atoms with van der Waals surface area (Å²) in [6.07, 6.45) is -2.34. The van der Waals surface area contributed by atoms with Crippen LogP contribution in [0.2, 0.25) is 0 Å². The van der Waals surface area contributed by atoms with Gasteiger partial charge in [-0.15, -0.1) is 0 Å². The van der Waals surface area contributed by atoms with Gasteiger partial charge in [-0.1, -0.05) is 29.4 Å². The Balaban J connectivity index is 1.72. The predicted octanol–water partition coefficient (Wildman–Crippen LogP) is 5.41. The maximum atomic E-state index is 14.9. The van der Waals surface area contributed by atoms with Crippen molar-refractivity contribution in [3.63, 3.8) is 0 Å². The first-order valence-corrected chi connectivity index (χ1v) is 10.9. The number of cyclic esters (lactones) is 1. The van der Waals surface area contributed by atoms with Gasteiger partial charge in [0.15, 0.2) is 0 Å². The third-order valence-electron chi connectivity index (χ3n) is 5.10. The highest BCUT2D eigenvalue weighted by atomic mass is 19.1. The number of halogens is 1. The number of carbonyl (C=O) groups excluding carboxylic acids is 3. The van der Waals surface area contributed by atoms with Crippen molar-refractivity contribution < 1.29 is 28.2 Å². The minimum Gasteiger partial charge on any atom is -0.443 e. The largest absolute Gasteiger partial charge is 0.443 e. The van der Waals surface area contributed by atoms with E-state index in [2.05, 4.69) is 10.0 Å². The quantitative estimate of drug-likeness (QED) is 0.308. The van der Waals surface area contributed by atoms with Crippen molar-refractivity contribution in [2.75, 3.05) is 18.0 Å². The van der Waals surface area contributed by atoms with Gasteiger partial charge in [0.05, 0.1) is 25.3 Å². The number of rotatable bonds is 6. The topological polar surface area (TPSA) is 125 Å². The second-order valence-corrected chi connectivity index (χ2v) is 8.98. The van der Waals surface area contributed by atoms with E-state index in [-0.39, 0.29) is 25.3 Å². The summed E-state index contributed by atoms with van der Waals surface area (Å²) in [5, 5.41) is 3.49. The van der Waals surface area contributed by atoms with E-state index < -0.39 is 35.6 Å². The summed E-state index contributed by atoms with van der Waals surface area (Å²) in [5.41, 5.74) is 9.64. The van der Waals surface area contributed by atoms with Crippen LogP contribution in [0.5, 0.6) is 0 Å². The maximum Gasteiger partial charge on any atom is 0.417 e. The average molecular weight is 484 g/mol. The van der Waals surface area contributed by atoms with Gasteiger partial charge in [0.2, 0.25) is 5.91 Å². The molecule has 11 heteroatoms. The first kappa shape index (κ1) is 25.5. The Morgan fingerprint density at radius 1 is 1.26 bits per heavy atom. The molecule has 1 aliphatic rings. The number of anilines is 1. The number of hydrogen-bond donors (Lipinski definition) is 0. The molecular weight excluding hydrogens is 457 g/mol. The van der Waals surface area contributed by atoms with Crippen LogP contribution in [0, 0.1) is 5.82 Å². The van der Waals surface area contributed by atoms with Crippen molar-refractivity contribution in [1.82, 2.24) is 4.90 Å². The zero-order chi connectivity index (χ0) is 25.8. The summed E-state index contributed by atoms with van der Waals surface area (Å²) in [6.45, 7) is 6.29. The fourth-order valence-electron chi connectivity index (χ4n) is 3.49. The van der Waals surface area contributed by atoms with Gasteiger partial charge in [0, 0.05) is 17.4 Å². The molecule has 1 fully saturated rings. The molecule has 10 nitrogen and oxygen atoms in total. The number of benzene rings is 2. The van der Waals surface area contributed by atoms with Crippen molar-refractivity contribution in [2.45, 2.75) is 45.9 Å². The Labute approximate surface area is 201 Å². The Hall–Kier alpha value is -4.11. The molecule has 0 aromatic heterocycles. The highest BCUT2D eigenvalue weighted by Crippen LogP contribution is 2.29. The molecule has 1 saturated heterocycles. The smallest absolute Gasteiger partial charge is 0.417 e. The monoisotopic (exact) mass is 483 g/mol. The van der Waals surface area contributed by atoms with Gasteiger partial charge in [-0.25, -0.2) is 18.9 Å². The van der Waals surface area contributed by atoms with Crippen molar-refractivity contribution in [3.05, 3.63) is 64.3 Å². The van der Waals surface area contributed by atoms with Crippen molar-refractivity contribution in [3.8, 4) is 11.1 Å². The highest BCUT2D eigenvalue weighted by Gasteiger charge is 2.37. The number of imide groups is 1. The molecule has 1 heterocycles. The van der Waals surface area contributed by atoms with Gasteiger partial charge >= 0.3 is 12.2 Å². The van der Waals surface area contributed by atoms with Crippen LogP contribution in [-0.4, -0.2) is 47.8 Å². The first-order chi connectivity index (χ1) is 16.5. The molecule has 0 saturated carbocycles. The minimum absolute atomic E-state index is 0.0261. The molecule has 0 N–H and O–H groups in total. The van der Waals surface area contributed by atoms with E-state index in [0.717, 1.165) is 10.5 Å². The highest BCUT2D eigenvalue weighted by molar-refractivity contribution is 5.92. The summed E-state index contributed by atoms with van der Waals surface area (Å²) in [7, 11) is 0. The Bertz CT molecular complexity index is 1170. The van der Waals surface area contributed by atoms with E-state index in [4.69, 9.17) is 15.0 Å². The molecule has 0 aliphatic carbocycles. The second kappa shape index (κ2) is 10.4. The van der Waals surface area contributed by atoms with Crippen molar-refractivity contribution >= 4 is 23.8 Å². The lowest BCUT2D eigenvalue weighted by molar-refractivity contribution is -0.129. The summed E-state index contributed by atoms with van der Waals surface area (Å²) < 4.78 is 25.5. The van der Waals surface area contributed by atoms with E-state index in [1.807, 2.05) is 0 Å². The summed E-state index contributed by atoms with van der Waals surface area (Å²) in [5.74, 6) is -1.09. The fraction of sp³-hybridized carbons (Fsp3) is 0.375. The first-order valence-electron chi connectivity index (χ1n) is 10.9. The van der Waals surface area contributed by atoms with Crippen LogP contribution in [-0.2, 0) is 20.8 Å². The van der Waals surface area contributed by atoms with Crippen LogP contribution in [0.3, 0.4) is 0 Å². The van der Waals surface area contributed by atoms with Crippen LogP contribution < -0.4 is 4.90 Å². The molecule has 0 radical (unpaired) electrons. The Morgan fingerprint density at radius 2 is 1.94 bits per heavy atom. The predicted molar refractivity (Wildman–Crippen MR) is 126 cm³/mol. The minimum atomic E-state index is -0.833. The zero-order valence-electron chi connectivity index (χ0n) is 19.9. The number of hydrogen-bond acceptors (Lipinski definition) is 6. The second-order valence-electron chi connectivity index (χ2n) is 8.98. The molecule has 2 aromatic rings. The van der Waals surface area contributed by atoms with Crippen LogP contribution in [0.15, 0.2) is 47.6 Å². The SMILES string of the molecule is CC(=O)N(C[C@H]1CN(c2ccc(-c3ccc(CN=[N+]=[N-])cc3)c(F)c2)C(=O)O1)C(=O)OC(C)(C)C. The van der Waals surface area contributed by atoms with Crippen LogP contribution >= 0.6 is 0 Å². The molecule has 35 heavy (non-hydrogen) atoms. The Kier molecular flexibility index (Phi) is 7.61. The summed E-state index contributed by atoms with van der Waals surface area (Å²) >= 11 is 0. The lowest BCUT2D eigenvalue weighted by atomic mass is 10.0. The molecule has 0 unspecified atom stereocenters. The van der Waals surface area contributed by atoms with Gasteiger partial charge in [0.1, 0.15) is 17.5 Å². The van der Waals surface area contributed by atoms with Crippen LogP contribution in [0.1, 0.15) is 33.3 Å². The molecule has 184 valence electrons. The maximum absolute atomic E-state index is 14.9. The lowest BCUT2D eigenvalue weighted by Gasteiger charge is -2.26. The van der Waals surface area contributed by atoms with E-state index in [0.29, 0.717) is 11.1 Å². The van der Waals surface area contributed by atoms with Crippen molar-refractivity contribution in [2.24, 2.45) is 5.11 Å².